The Morgan fingerprint density at radius 3 is 2.57 bits per heavy atom. The van der Waals surface area contributed by atoms with Crippen molar-refractivity contribution in [3.05, 3.63) is 53.9 Å². The molecule has 3 heterocycles. The largest absolute Gasteiger partial charge is 0.459 e. The van der Waals surface area contributed by atoms with Crippen molar-refractivity contribution < 1.29 is 18.4 Å². The normalized spacial score (nSPS) is 13.9. The molecule has 0 bridgehead atoms. The van der Waals surface area contributed by atoms with Gasteiger partial charge in [0.1, 0.15) is 6.07 Å². The van der Waals surface area contributed by atoms with E-state index < -0.39 is 0 Å². The minimum atomic E-state index is -0.150. The number of nitrogens with zero attached hydrogens (tertiary/aromatic N) is 5. The Kier molecular flexibility index (Phi) is 7.48. The lowest BCUT2D eigenvalue weighted by atomic mass is 10.1. The van der Waals surface area contributed by atoms with Gasteiger partial charge in [-0.05, 0) is 44.2 Å². The number of nitrogens with one attached hydrogen (secondary N) is 1. The number of oxazole rings is 1. The second kappa shape index (κ2) is 10.9. The average molecular weight is 477 g/mol. The molecule has 1 N–H and O–H groups in total. The van der Waals surface area contributed by atoms with Crippen LogP contribution in [0.2, 0.25) is 0 Å². The van der Waals surface area contributed by atoms with Gasteiger partial charge in [0.2, 0.25) is 17.5 Å². The zero-order valence-corrected chi connectivity index (χ0v) is 19.9. The van der Waals surface area contributed by atoms with Gasteiger partial charge in [-0.25, -0.2) is 0 Å². The predicted octanol–water partition coefficient (Wildman–Crippen LogP) is 3.05. The summed E-state index contributed by atoms with van der Waals surface area (Å²) in [5.41, 5.74) is 1.36. The van der Waals surface area contributed by atoms with Crippen LogP contribution in [-0.4, -0.2) is 72.4 Å². The van der Waals surface area contributed by atoms with Crippen molar-refractivity contribution in [2.24, 2.45) is 0 Å². The molecule has 1 aromatic carbocycles. The molecule has 10 heteroatoms. The molecule has 0 saturated carbocycles. The summed E-state index contributed by atoms with van der Waals surface area (Å²) in [6.45, 7) is 7.78. The molecule has 0 spiro atoms. The Hall–Kier alpha value is -4.10. The van der Waals surface area contributed by atoms with E-state index in [1.165, 1.54) is 6.26 Å². The lowest BCUT2D eigenvalue weighted by Gasteiger charge is -2.34. The molecule has 1 saturated heterocycles. The highest BCUT2D eigenvalue weighted by atomic mass is 16.4. The van der Waals surface area contributed by atoms with E-state index in [1.54, 1.807) is 41.3 Å². The van der Waals surface area contributed by atoms with Crippen LogP contribution < -0.4 is 10.2 Å². The summed E-state index contributed by atoms with van der Waals surface area (Å²) in [6.07, 6.45) is 1.52. The van der Waals surface area contributed by atoms with Gasteiger partial charge in [0.05, 0.1) is 12.8 Å². The molecule has 4 rings (SSSR count). The fourth-order valence-corrected chi connectivity index (χ4v) is 4.04. The van der Waals surface area contributed by atoms with Gasteiger partial charge >= 0.3 is 0 Å². The van der Waals surface area contributed by atoms with E-state index in [0.717, 1.165) is 0 Å². The van der Waals surface area contributed by atoms with Crippen LogP contribution in [0.15, 0.2) is 51.5 Å². The highest BCUT2D eigenvalue weighted by Gasteiger charge is 2.26. The van der Waals surface area contributed by atoms with Gasteiger partial charge in [0.25, 0.3) is 11.8 Å². The van der Waals surface area contributed by atoms with Crippen LogP contribution in [-0.2, 0) is 4.79 Å². The van der Waals surface area contributed by atoms with Gasteiger partial charge in [-0.3, -0.25) is 14.5 Å². The molecule has 1 aliphatic heterocycles. The number of benzene rings is 1. The number of carbonyl (C=O) groups is 2. The van der Waals surface area contributed by atoms with E-state index in [2.05, 4.69) is 16.4 Å². The van der Waals surface area contributed by atoms with Gasteiger partial charge in [0.15, 0.2) is 5.76 Å². The van der Waals surface area contributed by atoms with Gasteiger partial charge < -0.3 is 24.0 Å². The zero-order valence-electron chi connectivity index (χ0n) is 19.9. The first-order valence-electron chi connectivity index (χ1n) is 11.6. The number of aromatic nitrogens is 1. The van der Waals surface area contributed by atoms with Crippen molar-refractivity contribution in [3.8, 4) is 17.7 Å². The van der Waals surface area contributed by atoms with E-state index in [-0.39, 0.29) is 29.9 Å². The third-order valence-corrected chi connectivity index (χ3v) is 5.92. The van der Waals surface area contributed by atoms with Gasteiger partial charge in [-0.15, -0.1) is 0 Å². The van der Waals surface area contributed by atoms with Crippen LogP contribution in [0.1, 0.15) is 29.9 Å². The van der Waals surface area contributed by atoms with Crippen LogP contribution in [0.5, 0.6) is 0 Å². The number of rotatable bonds is 8. The van der Waals surface area contributed by atoms with Gasteiger partial charge in [-0.1, -0.05) is 6.07 Å². The Balaban J connectivity index is 1.32. The molecule has 3 aromatic rings. The molecule has 0 atom stereocenters. The molecule has 2 aromatic heterocycles. The Bertz CT molecular complexity index is 1200. The van der Waals surface area contributed by atoms with Crippen molar-refractivity contribution in [1.29, 1.82) is 5.26 Å². The smallest absolute Gasteiger partial charge is 0.266 e. The fourth-order valence-electron chi connectivity index (χ4n) is 4.04. The first-order valence-corrected chi connectivity index (χ1v) is 11.6. The Morgan fingerprint density at radius 2 is 1.91 bits per heavy atom. The molecular formula is C25H28N6O4. The number of furan rings is 1. The van der Waals surface area contributed by atoms with Crippen LogP contribution in [0.4, 0.5) is 11.6 Å². The van der Waals surface area contributed by atoms with Crippen molar-refractivity contribution in [1.82, 2.24) is 14.8 Å². The summed E-state index contributed by atoms with van der Waals surface area (Å²) in [6, 6.07) is 12.5. The predicted molar refractivity (Wildman–Crippen MR) is 130 cm³/mol. The van der Waals surface area contributed by atoms with E-state index in [4.69, 9.17) is 8.83 Å². The number of anilines is 2. The maximum atomic E-state index is 12.7. The SMILES string of the molecule is CCN(CC)C(=O)c1cccc(NC(=O)CN2CCN(c3oc(-c4ccco4)nc3C#N)CC2)c1. The first kappa shape index (κ1) is 24.0. The molecule has 1 fully saturated rings. The van der Waals surface area contributed by atoms with Crippen molar-refractivity contribution >= 4 is 23.4 Å². The van der Waals surface area contributed by atoms with Crippen LogP contribution in [0.25, 0.3) is 11.7 Å². The maximum absolute atomic E-state index is 12.7. The number of hydrogen-bond donors (Lipinski definition) is 1. The minimum absolute atomic E-state index is 0.0541. The molecular weight excluding hydrogens is 448 g/mol. The zero-order chi connectivity index (χ0) is 24.8. The molecule has 1 aliphatic rings. The van der Waals surface area contributed by atoms with Crippen LogP contribution in [0.3, 0.4) is 0 Å². The Labute approximate surface area is 203 Å². The summed E-state index contributed by atoms with van der Waals surface area (Å²) in [5.74, 6) is 0.943. The molecule has 182 valence electrons. The van der Waals surface area contributed by atoms with E-state index in [0.29, 0.717) is 62.2 Å². The van der Waals surface area contributed by atoms with Crippen molar-refractivity contribution in [2.45, 2.75) is 13.8 Å². The molecule has 0 unspecified atom stereocenters. The third kappa shape index (κ3) is 5.53. The summed E-state index contributed by atoms with van der Waals surface area (Å²) < 4.78 is 11.1. The summed E-state index contributed by atoms with van der Waals surface area (Å²) in [5, 5.41) is 12.4. The second-order valence-corrected chi connectivity index (χ2v) is 8.13. The summed E-state index contributed by atoms with van der Waals surface area (Å²) in [4.78, 5) is 35.2. The number of amides is 2. The number of piperazine rings is 1. The Morgan fingerprint density at radius 1 is 1.14 bits per heavy atom. The topological polar surface area (TPSA) is 119 Å². The second-order valence-electron chi connectivity index (χ2n) is 8.13. The van der Waals surface area contributed by atoms with E-state index >= 15 is 0 Å². The highest BCUT2D eigenvalue weighted by Crippen LogP contribution is 2.29. The van der Waals surface area contributed by atoms with E-state index in [9.17, 15) is 14.9 Å². The lowest BCUT2D eigenvalue weighted by molar-refractivity contribution is -0.117. The quantitative estimate of drug-likeness (QED) is 0.527. The number of hydrogen-bond acceptors (Lipinski definition) is 8. The van der Waals surface area contributed by atoms with Crippen LogP contribution in [0, 0.1) is 11.3 Å². The van der Waals surface area contributed by atoms with Crippen molar-refractivity contribution in [3.63, 3.8) is 0 Å². The number of nitriles is 1. The number of carbonyl (C=O) groups excluding carboxylic acids is 2. The van der Waals surface area contributed by atoms with E-state index in [1.807, 2.05) is 23.6 Å². The molecule has 0 radical (unpaired) electrons. The van der Waals surface area contributed by atoms with Gasteiger partial charge in [-0.2, -0.15) is 10.2 Å². The first-order chi connectivity index (χ1) is 17.0. The van der Waals surface area contributed by atoms with Crippen molar-refractivity contribution in [2.75, 3.05) is 56.0 Å². The lowest BCUT2D eigenvalue weighted by Crippen LogP contribution is -2.48. The average Bonchev–Trinajstić information content (AvgIpc) is 3.55. The maximum Gasteiger partial charge on any atom is 0.266 e. The standard InChI is InChI=1S/C25H28N6O4/c1-3-30(4-2)24(33)18-7-5-8-19(15-18)27-22(32)17-29-10-12-31(13-11-29)25-20(16-26)28-23(35-25)21-9-6-14-34-21/h5-9,14-15H,3-4,10-13,17H2,1-2H3,(H,27,32). The molecule has 35 heavy (non-hydrogen) atoms. The third-order valence-electron chi connectivity index (χ3n) is 5.92. The van der Waals surface area contributed by atoms with Gasteiger partial charge in [0, 0.05) is 50.5 Å². The molecule has 0 aliphatic carbocycles. The van der Waals surface area contributed by atoms with Crippen LogP contribution >= 0.6 is 0 Å². The molecule has 2 amide bonds. The summed E-state index contributed by atoms with van der Waals surface area (Å²) >= 11 is 0. The minimum Gasteiger partial charge on any atom is -0.459 e. The monoisotopic (exact) mass is 476 g/mol. The highest BCUT2D eigenvalue weighted by molar-refractivity contribution is 5.97. The fraction of sp³-hybridized carbons (Fsp3) is 0.360. The molecule has 10 nitrogen and oxygen atoms in total. The summed E-state index contributed by atoms with van der Waals surface area (Å²) in [7, 11) is 0.